The lowest BCUT2D eigenvalue weighted by Crippen LogP contribution is -2.41. The molecule has 0 heterocycles. The molecule has 19 heavy (non-hydrogen) atoms. The van der Waals surface area contributed by atoms with E-state index in [0.29, 0.717) is 6.54 Å². The number of alkyl halides is 2. The molecule has 0 unspecified atom stereocenters. The summed E-state index contributed by atoms with van der Waals surface area (Å²) in [5.74, 6) is -0.230. The van der Waals surface area contributed by atoms with Gasteiger partial charge in [-0.3, -0.25) is 4.79 Å². The van der Waals surface area contributed by atoms with Crippen LogP contribution in [0.4, 0.5) is 8.78 Å². The van der Waals surface area contributed by atoms with Gasteiger partial charge in [-0.05, 0) is 11.5 Å². The maximum Gasteiger partial charge on any atom is 0.323 e. The predicted octanol–water partition coefficient (Wildman–Crippen LogP) is 2.91. The Hall–Kier alpha value is -1.49. The summed E-state index contributed by atoms with van der Waals surface area (Å²) in [6.07, 6.45) is -2.46. The van der Waals surface area contributed by atoms with E-state index in [9.17, 15) is 13.6 Å². The highest BCUT2D eigenvalue weighted by molar-refractivity contribution is 5.75. The summed E-state index contributed by atoms with van der Waals surface area (Å²) in [5, 5.41) is 3.07. The summed E-state index contributed by atoms with van der Waals surface area (Å²) in [6.45, 7) is 4.25. The zero-order valence-corrected chi connectivity index (χ0v) is 11.3. The van der Waals surface area contributed by atoms with Gasteiger partial charge in [0.25, 0.3) is 6.43 Å². The van der Waals surface area contributed by atoms with Crippen LogP contribution < -0.4 is 5.32 Å². The summed E-state index contributed by atoms with van der Waals surface area (Å²) in [4.78, 5) is 11.5. The van der Waals surface area contributed by atoms with Gasteiger partial charge in [-0.25, -0.2) is 8.78 Å². The number of methoxy groups -OCH3 is 1. The summed E-state index contributed by atoms with van der Waals surface area (Å²) in [5.41, 5.74) is 0.844. The number of rotatable bonds is 6. The SMILES string of the molecule is COC(=O)[C@@H](NCc1ccc(C(F)F)cc1)C(C)C. The van der Waals surface area contributed by atoms with Crippen molar-refractivity contribution in [3.05, 3.63) is 35.4 Å². The number of hydrogen-bond acceptors (Lipinski definition) is 3. The van der Waals surface area contributed by atoms with Crippen LogP contribution >= 0.6 is 0 Å². The first-order valence-electron chi connectivity index (χ1n) is 6.14. The Kier molecular flexibility index (Phi) is 5.89. The van der Waals surface area contributed by atoms with Crippen LogP contribution in [-0.4, -0.2) is 19.1 Å². The van der Waals surface area contributed by atoms with E-state index in [1.54, 1.807) is 12.1 Å². The van der Waals surface area contributed by atoms with Crippen LogP contribution in [0.15, 0.2) is 24.3 Å². The lowest BCUT2D eigenvalue weighted by atomic mass is 10.0. The van der Waals surface area contributed by atoms with Gasteiger partial charge in [0, 0.05) is 12.1 Å². The third-order valence-electron chi connectivity index (χ3n) is 2.88. The highest BCUT2D eigenvalue weighted by Crippen LogP contribution is 2.18. The van der Waals surface area contributed by atoms with Crippen molar-refractivity contribution >= 4 is 5.97 Å². The third kappa shape index (κ3) is 4.59. The molecule has 0 amide bonds. The maximum absolute atomic E-state index is 12.4. The Morgan fingerprint density at radius 3 is 2.26 bits per heavy atom. The van der Waals surface area contributed by atoms with E-state index in [0.717, 1.165) is 5.56 Å². The Morgan fingerprint density at radius 2 is 1.84 bits per heavy atom. The van der Waals surface area contributed by atoms with Crippen molar-refractivity contribution in [2.75, 3.05) is 7.11 Å². The van der Waals surface area contributed by atoms with Crippen molar-refractivity contribution in [1.82, 2.24) is 5.32 Å². The molecule has 0 spiro atoms. The van der Waals surface area contributed by atoms with Gasteiger partial charge in [0.15, 0.2) is 0 Å². The van der Waals surface area contributed by atoms with Crippen LogP contribution in [0.2, 0.25) is 0 Å². The molecule has 1 atom stereocenters. The van der Waals surface area contributed by atoms with Gasteiger partial charge in [-0.15, -0.1) is 0 Å². The van der Waals surface area contributed by atoms with Crippen molar-refractivity contribution in [3.63, 3.8) is 0 Å². The van der Waals surface area contributed by atoms with Crippen molar-refractivity contribution in [2.24, 2.45) is 5.92 Å². The molecule has 1 N–H and O–H groups in total. The molecular formula is C14H19F2NO2. The van der Waals surface area contributed by atoms with Crippen LogP contribution in [0.1, 0.15) is 31.4 Å². The Balaban J connectivity index is 2.61. The standard InChI is InChI=1S/C14H19F2NO2/c1-9(2)12(14(18)19-3)17-8-10-4-6-11(7-5-10)13(15)16/h4-7,9,12-13,17H,8H2,1-3H3/t12-/m0/s1. The monoisotopic (exact) mass is 271 g/mol. The molecule has 0 fully saturated rings. The van der Waals surface area contributed by atoms with Gasteiger partial charge in [-0.1, -0.05) is 38.1 Å². The molecule has 0 saturated carbocycles. The van der Waals surface area contributed by atoms with Crippen LogP contribution in [0.5, 0.6) is 0 Å². The summed E-state index contributed by atoms with van der Waals surface area (Å²) >= 11 is 0. The zero-order valence-electron chi connectivity index (χ0n) is 11.3. The summed E-state index contributed by atoms with van der Waals surface area (Å²) < 4.78 is 29.5. The third-order valence-corrected chi connectivity index (χ3v) is 2.88. The van der Waals surface area contributed by atoms with Gasteiger partial charge in [0.05, 0.1) is 7.11 Å². The van der Waals surface area contributed by atoms with Gasteiger partial charge in [0.2, 0.25) is 0 Å². The second kappa shape index (κ2) is 7.19. The summed E-state index contributed by atoms with van der Waals surface area (Å²) in [7, 11) is 1.34. The van der Waals surface area contributed by atoms with Gasteiger partial charge < -0.3 is 10.1 Å². The minimum Gasteiger partial charge on any atom is -0.468 e. The molecule has 5 heteroatoms. The number of nitrogens with one attached hydrogen (secondary N) is 1. The Labute approximate surface area is 112 Å². The second-order valence-corrected chi connectivity index (χ2v) is 4.67. The predicted molar refractivity (Wildman–Crippen MR) is 68.9 cm³/mol. The van der Waals surface area contributed by atoms with E-state index in [1.807, 2.05) is 13.8 Å². The first-order chi connectivity index (χ1) is 8.95. The second-order valence-electron chi connectivity index (χ2n) is 4.67. The van der Waals surface area contributed by atoms with Gasteiger partial charge >= 0.3 is 5.97 Å². The lowest BCUT2D eigenvalue weighted by Gasteiger charge is -2.19. The maximum atomic E-state index is 12.4. The minimum absolute atomic E-state index is 0.00266. The number of hydrogen-bond donors (Lipinski definition) is 1. The van der Waals surface area contributed by atoms with Crippen LogP contribution in [0.25, 0.3) is 0 Å². The fourth-order valence-corrected chi connectivity index (χ4v) is 1.73. The topological polar surface area (TPSA) is 38.3 Å². The number of esters is 1. The molecule has 0 aliphatic heterocycles. The van der Waals surface area contributed by atoms with Gasteiger partial charge in [-0.2, -0.15) is 0 Å². The van der Waals surface area contributed by atoms with Crippen LogP contribution in [-0.2, 0) is 16.1 Å². The average molecular weight is 271 g/mol. The molecule has 1 aromatic rings. The fraction of sp³-hybridized carbons (Fsp3) is 0.500. The minimum atomic E-state index is -2.46. The molecule has 106 valence electrons. The van der Waals surface area contributed by atoms with Crippen molar-refractivity contribution < 1.29 is 18.3 Å². The highest BCUT2D eigenvalue weighted by atomic mass is 19.3. The van der Waals surface area contributed by atoms with Crippen molar-refractivity contribution in [2.45, 2.75) is 32.9 Å². The van der Waals surface area contributed by atoms with Crippen molar-refractivity contribution in [1.29, 1.82) is 0 Å². The number of benzene rings is 1. The molecule has 3 nitrogen and oxygen atoms in total. The molecule has 0 radical (unpaired) electrons. The smallest absolute Gasteiger partial charge is 0.323 e. The van der Waals surface area contributed by atoms with E-state index >= 15 is 0 Å². The molecule has 0 bridgehead atoms. The normalized spacial score (nSPS) is 12.8. The lowest BCUT2D eigenvalue weighted by molar-refractivity contribution is -0.144. The Morgan fingerprint density at radius 1 is 1.26 bits per heavy atom. The van der Waals surface area contributed by atoms with E-state index in [4.69, 9.17) is 4.74 Å². The quantitative estimate of drug-likeness (QED) is 0.808. The van der Waals surface area contributed by atoms with E-state index in [2.05, 4.69) is 5.32 Å². The summed E-state index contributed by atoms with van der Waals surface area (Å²) in [6, 6.07) is 5.64. The van der Waals surface area contributed by atoms with E-state index in [1.165, 1.54) is 19.2 Å². The number of halogens is 2. The van der Waals surface area contributed by atoms with Crippen LogP contribution in [0, 0.1) is 5.92 Å². The zero-order chi connectivity index (χ0) is 14.4. The number of carbonyl (C=O) groups is 1. The molecule has 0 aliphatic carbocycles. The van der Waals surface area contributed by atoms with Crippen molar-refractivity contribution in [3.8, 4) is 0 Å². The van der Waals surface area contributed by atoms with E-state index < -0.39 is 12.5 Å². The first-order valence-corrected chi connectivity index (χ1v) is 6.14. The molecular weight excluding hydrogens is 252 g/mol. The van der Waals surface area contributed by atoms with E-state index in [-0.39, 0.29) is 17.5 Å². The highest BCUT2D eigenvalue weighted by Gasteiger charge is 2.22. The van der Waals surface area contributed by atoms with Gasteiger partial charge in [0.1, 0.15) is 6.04 Å². The number of carbonyl (C=O) groups excluding carboxylic acids is 1. The molecule has 0 aliphatic rings. The fourth-order valence-electron chi connectivity index (χ4n) is 1.73. The molecule has 0 saturated heterocycles. The van der Waals surface area contributed by atoms with Crippen LogP contribution in [0.3, 0.4) is 0 Å². The molecule has 1 aromatic carbocycles. The molecule has 1 rings (SSSR count). The first kappa shape index (κ1) is 15.6. The average Bonchev–Trinajstić information content (AvgIpc) is 2.38. The molecule has 0 aromatic heterocycles. The largest absolute Gasteiger partial charge is 0.468 e. The Bertz CT molecular complexity index is 404. The number of ether oxygens (including phenoxy) is 1.